The first kappa shape index (κ1) is 17.8. The molecular weight excluding hydrogens is 328 g/mol. The number of aryl methyl sites for hydroxylation is 1. The van der Waals surface area contributed by atoms with Gasteiger partial charge in [-0.3, -0.25) is 4.79 Å². The van der Waals surface area contributed by atoms with Crippen molar-refractivity contribution in [2.45, 2.75) is 63.9 Å². The number of carbonyl (C=O) groups excluding carboxylic acids is 1. The van der Waals surface area contributed by atoms with E-state index in [1.165, 1.54) is 18.2 Å². The van der Waals surface area contributed by atoms with Crippen LogP contribution in [-0.2, 0) is 16.0 Å². The molecule has 1 aromatic carbocycles. The fourth-order valence-corrected chi connectivity index (χ4v) is 6.40. The van der Waals surface area contributed by atoms with Gasteiger partial charge in [0.05, 0.1) is 13.2 Å². The number of phenols is 1. The number of phenolic OH excluding ortho intramolecular Hbond substituents is 1. The fourth-order valence-electron chi connectivity index (χ4n) is 6.40. The summed E-state index contributed by atoms with van der Waals surface area (Å²) in [5.74, 6) is 2.04. The van der Waals surface area contributed by atoms with Gasteiger partial charge >= 0.3 is 5.97 Å². The highest BCUT2D eigenvalue weighted by molar-refractivity contribution is 5.69. The van der Waals surface area contributed by atoms with Crippen LogP contribution in [0.2, 0.25) is 0 Å². The van der Waals surface area contributed by atoms with Gasteiger partial charge in [-0.05, 0) is 90.9 Å². The van der Waals surface area contributed by atoms with Crippen LogP contribution in [0.4, 0.5) is 0 Å². The van der Waals surface area contributed by atoms with Gasteiger partial charge in [0, 0.05) is 6.42 Å². The Balaban J connectivity index is 1.56. The normalized spacial score (nSPS) is 38.2. The van der Waals surface area contributed by atoms with Crippen LogP contribution in [-0.4, -0.2) is 29.4 Å². The zero-order valence-electron chi connectivity index (χ0n) is 15.8. The molecule has 142 valence electrons. The van der Waals surface area contributed by atoms with Crippen LogP contribution in [0, 0.1) is 23.2 Å². The second-order valence-electron chi connectivity index (χ2n) is 8.90. The smallest absolute Gasteiger partial charge is 0.305 e. The topological polar surface area (TPSA) is 66.8 Å². The molecule has 3 unspecified atom stereocenters. The molecule has 4 heteroatoms. The lowest BCUT2D eigenvalue weighted by Gasteiger charge is -2.50. The van der Waals surface area contributed by atoms with Gasteiger partial charge in [-0.15, -0.1) is 0 Å². The molecule has 2 saturated carbocycles. The van der Waals surface area contributed by atoms with Crippen LogP contribution in [0.15, 0.2) is 18.2 Å². The van der Waals surface area contributed by atoms with E-state index in [4.69, 9.17) is 4.74 Å². The maximum atomic E-state index is 11.5. The molecule has 3 aliphatic rings. The molecular formula is C22H30O4. The third kappa shape index (κ3) is 2.74. The number of carbonyl (C=O) groups is 1. The van der Waals surface area contributed by atoms with Crippen LogP contribution in [0.5, 0.6) is 5.75 Å². The van der Waals surface area contributed by atoms with Crippen molar-refractivity contribution in [3.8, 4) is 5.75 Å². The van der Waals surface area contributed by atoms with Crippen molar-refractivity contribution >= 4 is 5.97 Å². The highest BCUT2D eigenvalue weighted by Gasteiger charge is 2.57. The van der Waals surface area contributed by atoms with Crippen LogP contribution in [0.3, 0.4) is 0 Å². The third-order valence-corrected chi connectivity index (χ3v) is 7.77. The molecule has 0 aromatic heterocycles. The zero-order valence-corrected chi connectivity index (χ0v) is 15.8. The maximum absolute atomic E-state index is 11.5. The molecule has 4 rings (SSSR count). The molecule has 1 aromatic rings. The second-order valence-corrected chi connectivity index (χ2v) is 8.90. The van der Waals surface area contributed by atoms with Gasteiger partial charge < -0.3 is 14.9 Å². The molecule has 4 nitrogen and oxygen atoms in total. The Kier molecular flexibility index (Phi) is 4.50. The lowest BCUT2D eigenvalue weighted by atomic mass is 9.55. The molecule has 26 heavy (non-hydrogen) atoms. The first-order chi connectivity index (χ1) is 12.4. The van der Waals surface area contributed by atoms with Crippen molar-refractivity contribution in [2.75, 3.05) is 7.11 Å². The Morgan fingerprint density at radius 3 is 2.92 bits per heavy atom. The number of aliphatic hydroxyl groups is 1. The van der Waals surface area contributed by atoms with E-state index >= 15 is 0 Å². The van der Waals surface area contributed by atoms with Crippen LogP contribution >= 0.6 is 0 Å². The highest BCUT2D eigenvalue weighted by Crippen LogP contribution is 2.62. The molecule has 0 spiro atoms. The molecule has 3 aliphatic carbocycles. The number of hydrogen-bond acceptors (Lipinski definition) is 4. The van der Waals surface area contributed by atoms with E-state index in [9.17, 15) is 15.0 Å². The first-order valence-corrected chi connectivity index (χ1v) is 10.0. The standard InChI is InChI=1S/C22H30O4/c1-22-10-9-17-16-7-5-15(23)11-13(16)3-6-18(17)19(22)12-14(21(22)25)4-8-20(24)26-2/h5,7,11,14,17-19,21,23,25H,3-4,6,8-10,12H2,1-2H3/t14-,17?,18?,19?,21+,22+/m1/s1. The number of rotatable bonds is 3. The van der Waals surface area contributed by atoms with Gasteiger partial charge in [-0.1, -0.05) is 13.0 Å². The minimum absolute atomic E-state index is 0.0314. The summed E-state index contributed by atoms with van der Waals surface area (Å²) in [5.41, 5.74) is 2.68. The SMILES string of the molecule is COC(=O)CC[C@@H]1CC2C3CCc4cc(O)ccc4C3CC[C@]2(C)[C@H]1O. The van der Waals surface area contributed by atoms with Crippen molar-refractivity contribution in [3.63, 3.8) is 0 Å². The van der Waals surface area contributed by atoms with E-state index in [0.717, 1.165) is 38.5 Å². The summed E-state index contributed by atoms with van der Waals surface area (Å²) in [5, 5.41) is 20.9. The van der Waals surface area contributed by atoms with E-state index in [1.54, 1.807) is 0 Å². The molecule has 0 heterocycles. The van der Waals surface area contributed by atoms with Crippen molar-refractivity contribution in [3.05, 3.63) is 29.3 Å². The highest BCUT2D eigenvalue weighted by atomic mass is 16.5. The Labute approximate surface area is 155 Å². The Morgan fingerprint density at radius 1 is 1.35 bits per heavy atom. The number of aromatic hydroxyl groups is 1. The number of esters is 1. The second kappa shape index (κ2) is 6.56. The van der Waals surface area contributed by atoms with Gasteiger partial charge in [0.1, 0.15) is 5.75 Å². The average Bonchev–Trinajstić information content (AvgIpc) is 2.90. The Morgan fingerprint density at radius 2 is 2.15 bits per heavy atom. The quantitative estimate of drug-likeness (QED) is 0.807. The monoisotopic (exact) mass is 358 g/mol. The Bertz CT molecular complexity index is 699. The predicted octanol–water partition coefficient (Wildman–Crippen LogP) is 3.79. The molecule has 6 atom stereocenters. The fraction of sp³-hybridized carbons (Fsp3) is 0.682. The third-order valence-electron chi connectivity index (χ3n) is 7.77. The summed E-state index contributed by atoms with van der Waals surface area (Å²) >= 11 is 0. The van der Waals surface area contributed by atoms with Crippen LogP contribution in [0.1, 0.15) is 62.5 Å². The Hall–Kier alpha value is -1.55. The number of methoxy groups -OCH3 is 1. The van der Waals surface area contributed by atoms with Gasteiger partial charge in [0.15, 0.2) is 0 Å². The van der Waals surface area contributed by atoms with Crippen molar-refractivity contribution < 1.29 is 19.7 Å². The average molecular weight is 358 g/mol. The lowest BCUT2D eigenvalue weighted by molar-refractivity contribution is -0.141. The number of ether oxygens (including phenoxy) is 1. The van der Waals surface area contributed by atoms with Crippen molar-refractivity contribution in [1.82, 2.24) is 0 Å². The summed E-state index contributed by atoms with van der Waals surface area (Å²) in [6.07, 6.45) is 6.12. The molecule has 0 amide bonds. The largest absolute Gasteiger partial charge is 0.508 e. The van der Waals surface area contributed by atoms with E-state index in [0.29, 0.717) is 29.9 Å². The van der Waals surface area contributed by atoms with E-state index < -0.39 is 0 Å². The van der Waals surface area contributed by atoms with Crippen LogP contribution in [0.25, 0.3) is 0 Å². The molecule has 0 radical (unpaired) electrons. The number of hydrogen-bond donors (Lipinski definition) is 2. The number of benzene rings is 1. The minimum Gasteiger partial charge on any atom is -0.508 e. The number of fused-ring (bicyclic) bond motifs is 5. The summed E-state index contributed by atoms with van der Waals surface area (Å²) in [4.78, 5) is 11.5. The van der Waals surface area contributed by atoms with Gasteiger partial charge in [0.2, 0.25) is 0 Å². The van der Waals surface area contributed by atoms with Crippen molar-refractivity contribution in [1.29, 1.82) is 0 Å². The predicted molar refractivity (Wildman–Crippen MR) is 98.9 cm³/mol. The van der Waals surface area contributed by atoms with Crippen molar-refractivity contribution in [2.24, 2.45) is 23.2 Å². The lowest BCUT2D eigenvalue weighted by Crippen LogP contribution is -2.44. The summed E-state index contributed by atoms with van der Waals surface area (Å²) in [6.45, 7) is 2.27. The zero-order chi connectivity index (χ0) is 18.5. The maximum Gasteiger partial charge on any atom is 0.305 e. The van der Waals surface area contributed by atoms with Crippen LogP contribution < -0.4 is 0 Å². The van der Waals surface area contributed by atoms with Gasteiger partial charge in [0.25, 0.3) is 0 Å². The summed E-state index contributed by atoms with van der Waals surface area (Å²) in [7, 11) is 1.43. The van der Waals surface area contributed by atoms with E-state index in [1.807, 2.05) is 12.1 Å². The number of aliphatic hydroxyl groups excluding tert-OH is 1. The molecule has 0 aliphatic heterocycles. The van der Waals surface area contributed by atoms with E-state index in [-0.39, 0.29) is 23.4 Å². The summed E-state index contributed by atoms with van der Waals surface area (Å²) in [6, 6.07) is 5.87. The van der Waals surface area contributed by atoms with Gasteiger partial charge in [-0.2, -0.15) is 0 Å². The molecule has 0 saturated heterocycles. The van der Waals surface area contributed by atoms with E-state index in [2.05, 4.69) is 13.0 Å². The molecule has 0 bridgehead atoms. The summed E-state index contributed by atoms with van der Waals surface area (Å²) < 4.78 is 4.78. The molecule has 2 fully saturated rings. The first-order valence-electron chi connectivity index (χ1n) is 10.0. The minimum atomic E-state index is -0.320. The van der Waals surface area contributed by atoms with Gasteiger partial charge in [-0.25, -0.2) is 0 Å². The molecule has 2 N–H and O–H groups in total.